The van der Waals surface area contributed by atoms with Crippen molar-refractivity contribution in [2.75, 3.05) is 0 Å². The molecule has 0 spiro atoms. The number of rotatable bonds is 5. The minimum absolute atomic E-state index is 0.0550. The molecule has 0 aromatic carbocycles. The van der Waals surface area contributed by atoms with Crippen LogP contribution in [0, 0.1) is 0 Å². The lowest BCUT2D eigenvalue weighted by Gasteiger charge is -2.07. The van der Waals surface area contributed by atoms with Gasteiger partial charge in [-0.1, -0.05) is 6.92 Å². The Bertz CT molecular complexity index is 511. The fourth-order valence-corrected chi connectivity index (χ4v) is 2.27. The number of carbonyl (C=O) groups excluding carboxylic acids is 1. The molecule has 18 heavy (non-hydrogen) atoms. The Morgan fingerprint density at radius 3 is 2.94 bits per heavy atom. The number of hydrogen-bond acceptors (Lipinski definition) is 4. The molecule has 5 heteroatoms. The average Bonchev–Trinajstić information content (AvgIpc) is 2.91. The standard InChI is InChI=1S/C13H15N3OS/c1-2-3-12(17)16-8-11-13(15-6-5-14-11)10-4-7-18-9-10/h4-7,9H,2-3,8H2,1H3,(H,16,17). The van der Waals surface area contributed by atoms with Crippen molar-refractivity contribution in [3.05, 3.63) is 34.9 Å². The summed E-state index contributed by atoms with van der Waals surface area (Å²) < 4.78 is 0. The fourth-order valence-electron chi connectivity index (χ4n) is 1.63. The molecule has 0 atom stereocenters. The van der Waals surface area contributed by atoms with E-state index in [1.165, 1.54) is 0 Å². The van der Waals surface area contributed by atoms with Crippen LogP contribution in [-0.4, -0.2) is 15.9 Å². The van der Waals surface area contributed by atoms with Gasteiger partial charge in [0.25, 0.3) is 0 Å². The van der Waals surface area contributed by atoms with E-state index in [9.17, 15) is 4.79 Å². The highest BCUT2D eigenvalue weighted by molar-refractivity contribution is 7.08. The maximum atomic E-state index is 11.5. The van der Waals surface area contributed by atoms with Gasteiger partial charge in [0.05, 0.1) is 17.9 Å². The SMILES string of the molecule is CCCC(=O)NCc1nccnc1-c1ccsc1. The summed E-state index contributed by atoms with van der Waals surface area (Å²) in [5.74, 6) is 0.0550. The summed E-state index contributed by atoms with van der Waals surface area (Å²) in [5, 5.41) is 6.90. The normalized spacial score (nSPS) is 10.3. The smallest absolute Gasteiger partial charge is 0.220 e. The molecule has 0 aliphatic rings. The third-order valence-electron chi connectivity index (χ3n) is 2.50. The Morgan fingerprint density at radius 1 is 1.39 bits per heavy atom. The molecule has 2 rings (SSSR count). The van der Waals surface area contributed by atoms with Crippen LogP contribution in [0.25, 0.3) is 11.3 Å². The summed E-state index contributed by atoms with van der Waals surface area (Å²) in [5.41, 5.74) is 2.70. The third-order valence-corrected chi connectivity index (χ3v) is 3.18. The predicted molar refractivity (Wildman–Crippen MR) is 72.1 cm³/mol. The van der Waals surface area contributed by atoms with E-state index in [0.717, 1.165) is 23.4 Å². The van der Waals surface area contributed by atoms with Crippen LogP contribution >= 0.6 is 11.3 Å². The van der Waals surface area contributed by atoms with E-state index in [4.69, 9.17) is 0 Å². The first-order chi connectivity index (χ1) is 8.81. The van der Waals surface area contributed by atoms with Gasteiger partial charge in [-0.25, -0.2) is 0 Å². The minimum Gasteiger partial charge on any atom is -0.350 e. The lowest BCUT2D eigenvalue weighted by atomic mass is 10.2. The summed E-state index contributed by atoms with van der Waals surface area (Å²) in [4.78, 5) is 20.1. The van der Waals surface area contributed by atoms with E-state index in [-0.39, 0.29) is 5.91 Å². The summed E-state index contributed by atoms with van der Waals surface area (Å²) in [7, 11) is 0. The lowest BCUT2D eigenvalue weighted by Crippen LogP contribution is -2.23. The Morgan fingerprint density at radius 2 is 2.22 bits per heavy atom. The van der Waals surface area contributed by atoms with Gasteiger partial charge in [-0.3, -0.25) is 14.8 Å². The number of aromatic nitrogens is 2. The molecular formula is C13H15N3OS. The van der Waals surface area contributed by atoms with E-state index >= 15 is 0 Å². The summed E-state index contributed by atoms with van der Waals surface area (Å²) >= 11 is 1.62. The van der Waals surface area contributed by atoms with Crippen LogP contribution in [0.3, 0.4) is 0 Å². The number of amides is 1. The maximum Gasteiger partial charge on any atom is 0.220 e. The zero-order valence-electron chi connectivity index (χ0n) is 10.2. The van der Waals surface area contributed by atoms with E-state index in [1.54, 1.807) is 23.7 Å². The first kappa shape index (κ1) is 12.7. The zero-order valence-corrected chi connectivity index (χ0v) is 11.0. The molecule has 2 aromatic heterocycles. The molecule has 94 valence electrons. The number of hydrogen-bond donors (Lipinski definition) is 1. The second kappa shape index (κ2) is 6.26. The number of thiophene rings is 1. The molecule has 1 N–H and O–H groups in total. The van der Waals surface area contributed by atoms with E-state index in [0.29, 0.717) is 13.0 Å². The molecule has 0 unspecified atom stereocenters. The number of carbonyl (C=O) groups is 1. The van der Waals surface area contributed by atoms with Crippen LogP contribution in [0.15, 0.2) is 29.2 Å². The highest BCUT2D eigenvalue weighted by Crippen LogP contribution is 2.22. The largest absolute Gasteiger partial charge is 0.350 e. The predicted octanol–water partition coefficient (Wildman–Crippen LogP) is 2.62. The molecule has 0 aliphatic heterocycles. The quantitative estimate of drug-likeness (QED) is 0.900. The molecule has 4 nitrogen and oxygen atoms in total. The molecule has 2 heterocycles. The number of nitrogens with zero attached hydrogens (tertiary/aromatic N) is 2. The van der Waals surface area contributed by atoms with Crippen LogP contribution in [0.2, 0.25) is 0 Å². The van der Waals surface area contributed by atoms with E-state index in [1.807, 2.05) is 23.8 Å². The Kier molecular flexibility index (Phi) is 4.41. The number of nitrogens with one attached hydrogen (secondary N) is 1. The lowest BCUT2D eigenvalue weighted by molar-refractivity contribution is -0.121. The van der Waals surface area contributed by atoms with Crippen molar-refractivity contribution in [2.24, 2.45) is 0 Å². The van der Waals surface area contributed by atoms with Gasteiger partial charge in [0.15, 0.2) is 0 Å². The van der Waals surface area contributed by atoms with Crippen molar-refractivity contribution in [1.82, 2.24) is 15.3 Å². The molecule has 0 bridgehead atoms. The molecule has 0 aliphatic carbocycles. The van der Waals surface area contributed by atoms with Crippen molar-refractivity contribution in [3.8, 4) is 11.3 Å². The first-order valence-electron chi connectivity index (χ1n) is 5.90. The van der Waals surface area contributed by atoms with Gasteiger partial charge >= 0.3 is 0 Å². The van der Waals surface area contributed by atoms with Crippen LogP contribution in [0.4, 0.5) is 0 Å². The van der Waals surface area contributed by atoms with Crippen LogP contribution < -0.4 is 5.32 Å². The zero-order chi connectivity index (χ0) is 12.8. The van der Waals surface area contributed by atoms with Crippen molar-refractivity contribution in [1.29, 1.82) is 0 Å². The summed E-state index contributed by atoms with van der Waals surface area (Å²) in [6, 6.07) is 2.01. The fraction of sp³-hybridized carbons (Fsp3) is 0.308. The summed E-state index contributed by atoms with van der Waals surface area (Å²) in [6.07, 6.45) is 4.72. The van der Waals surface area contributed by atoms with Crippen LogP contribution in [-0.2, 0) is 11.3 Å². The summed E-state index contributed by atoms with van der Waals surface area (Å²) in [6.45, 7) is 2.41. The average molecular weight is 261 g/mol. The molecule has 0 saturated carbocycles. The monoisotopic (exact) mass is 261 g/mol. The molecule has 2 aromatic rings. The van der Waals surface area contributed by atoms with Gasteiger partial charge in [-0.15, -0.1) is 0 Å². The van der Waals surface area contributed by atoms with Gasteiger partial charge in [-0.05, 0) is 17.9 Å². The second-order valence-corrected chi connectivity index (χ2v) is 4.67. The molecule has 0 fully saturated rings. The molecule has 0 saturated heterocycles. The van der Waals surface area contributed by atoms with E-state index in [2.05, 4.69) is 15.3 Å². The van der Waals surface area contributed by atoms with Crippen molar-refractivity contribution >= 4 is 17.2 Å². The van der Waals surface area contributed by atoms with Gasteiger partial charge in [0.1, 0.15) is 0 Å². The van der Waals surface area contributed by atoms with Gasteiger partial charge in [0.2, 0.25) is 5.91 Å². The van der Waals surface area contributed by atoms with Crippen molar-refractivity contribution < 1.29 is 4.79 Å². The highest BCUT2D eigenvalue weighted by Gasteiger charge is 2.09. The van der Waals surface area contributed by atoms with Crippen LogP contribution in [0.5, 0.6) is 0 Å². The molecule has 0 radical (unpaired) electrons. The Labute approximate surface area is 110 Å². The van der Waals surface area contributed by atoms with Crippen molar-refractivity contribution in [2.45, 2.75) is 26.3 Å². The third kappa shape index (κ3) is 3.13. The topological polar surface area (TPSA) is 54.9 Å². The Hall–Kier alpha value is -1.75. The molecular weight excluding hydrogens is 246 g/mol. The minimum atomic E-state index is 0.0550. The van der Waals surface area contributed by atoms with Crippen molar-refractivity contribution in [3.63, 3.8) is 0 Å². The van der Waals surface area contributed by atoms with Crippen LogP contribution in [0.1, 0.15) is 25.5 Å². The highest BCUT2D eigenvalue weighted by atomic mass is 32.1. The van der Waals surface area contributed by atoms with E-state index < -0.39 is 0 Å². The van der Waals surface area contributed by atoms with Gasteiger partial charge < -0.3 is 5.32 Å². The molecule has 1 amide bonds. The van der Waals surface area contributed by atoms with Gasteiger partial charge in [0, 0.05) is 29.8 Å². The van der Waals surface area contributed by atoms with Gasteiger partial charge in [-0.2, -0.15) is 11.3 Å². The second-order valence-electron chi connectivity index (χ2n) is 3.89. The maximum absolute atomic E-state index is 11.5. The first-order valence-corrected chi connectivity index (χ1v) is 6.84. The Balaban J connectivity index is 2.11.